The maximum atomic E-state index is 14.1. The molecule has 0 saturated heterocycles. The molecular weight excluding hydrogens is 386 g/mol. The number of sulfonamides is 1. The number of aryl methyl sites for hydroxylation is 2. The zero-order valence-electron chi connectivity index (χ0n) is 16.3. The summed E-state index contributed by atoms with van der Waals surface area (Å²) in [7, 11) is -3.96. The van der Waals surface area contributed by atoms with Gasteiger partial charge in [-0.25, -0.2) is 17.2 Å². The van der Waals surface area contributed by atoms with E-state index in [1.165, 1.54) is 0 Å². The van der Waals surface area contributed by atoms with Crippen LogP contribution in [0.15, 0.2) is 36.4 Å². The van der Waals surface area contributed by atoms with Crippen LogP contribution in [0, 0.1) is 25.5 Å². The Hall–Kier alpha value is -2.48. The normalized spacial score (nSPS) is 12.5. The van der Waals surface area contributed by atoms with Crippen molar-refractivity contribution in [1.29, 1.82) is 0 Å². The molecule has 0 aliphatic carbocycles. The summed E-state index contributed by atoms with van der Waals surface area (Å²) < 4.78 is 52.1. The van der Waals surface area contributed by atoms with Crippen LogP contribution in [-0.2, 0) is 14.8 Å². The first-order valence-electron chi connectivity index (χ1n) is 8.82. The Kier molecular flexibility index (Phi) is 6.77. The van der Waals surface area contributed by atoms with Crippen LogP contribution in [0.4, 0.5) is 14.5 Å². The van der Waals surface area contributed by atoms with Gasteiger partial charge in [0.15, 0.2) is 0 Å². The molecule has 0 aliphatic heterocycles. The number of carbonyl (C=O) groups is 1. The van der Waals surface area contributed by atoms with Crippen molar-refractivity contribution in [3.05, 3.63) is 64.7 Å². The standard InChI is InChI=1S/C20H24F2N2O3S/c1-5-18(15-7-6-13(2)14(3)10-15)23-20(25)12-24(28(4,26)27)19-9-8-16(21)11-17(19)22/h6-11,18H,5,12H2,1-4H3,(H,23,25). The van der Waals surface area contributed by atoms with E-state index in [-0.39, 0.29) is 11.7 Å². The van der Waals surface area contributed by atoms with Crippen LogP contribution < -0.4 is 9.62 Å². The molecule has 0 fully saturated rings. The molecule has 2 aromatic carbocycles. The first kappa shape index (κ1) is 21.8. The summed E-state index contributed by atoms with van der Waals surface area (Å²) in [4.78, 5) is 12.5. The van der Waals surface area contributed by atoms with Gasteiger partial charge < -0.3 is 5.32 Å². The quantitative estimate of drug-likeness (QED) is 0.758. The van der Waals surface area contributed by atoms with Crippen molar-refractivity contribution < 1.29 is 22.0 Å². The largest absolute Gasteiger partial charge is 0.348 e. The lowest BCUT2D eigenvalue weighted by atomic mass is 9.99. The molecule has 0 spiro atoms. The van der Waals surface area contributed by atoms with E-state index in [4.69, 9.17) is 0 Å². The lowest BCUT2D eigenvalue weighted by Crippen LogP contribution is -2.42. The summed E-state index contributed by atoms with van der Waals surface area (Å²) in [6, 6.07) is 8.04. The summed E-state index contributed by atoms with van der Waals surface area (Å²) in [5, 5.41) is 2.79. The molecule has 1 amide bonds. The summed E-state index contributed by atoms with van der Waals surface area (Å²) >= 11 is 0. The molecular formula is C20H24F2N2O3S. The van der Waals surface area contributed by atoms with E-state index in [1.807, 2.05) is 39.0 Å². The molecule has 0 heterocycles. The molecule has 0 radical (unpaired) electrons. The van der Waals surface area contributed by atoms with Crippen molar-refractivity contribution in [3.8, 4) is 0 Å². The fourth-order valence-electron chi connectivity index (χ4n) is 2.84. The van der Waals surface area contributed by atoms with Gasteiger partial charge in [-0.15, -0.1) is 0 Å². The highest BCUT2D eigenvalue weighted by molar-refractivity contribution is 7.92. The van der Waals surface area contributed by atoms with Gasteiger partial charge in [0, 0.05) is 6.07 Å². The fraction of sp³-hybridized carbons (Fsp3) is 0.350. The van der Waals surface area contributed by atoms with Crippen LogP contribution in [0.1, 0.15) is 36.1 Å². The van der Waals surface area contributed by atoms with Crippen molar-refractivity contribution in [2.24, 2.45) is 0 Å². The van der Waals surface area contributed by atoms with Crippen LogP contribution in [0.3, 0.4) is 0 Å². The number of nitrogens with zero attached hydrogens (tertiary/aromatic N) is 1. The summed E-state index contributed by atoms with van der Waals surface area (Å²) in [6.45, 7) is 5.24. The first-order chi connectivity index (χ1) is 13.0. The van der Waals surface area contributed by atoms with E-state index < -0.39 is 34.1 Å². The summed E-state index contributed by atoms with van der Waals surface area (Å²) in [5.41, 5.74) is 2.73. The Morgan fingerprint density at radius 2 is 1.79 bits per heavy atom. The van der Waals surface area contributed by atoms with E-state index in [1.54, 1.807) is 0 Å². The molecule has 0 aliphatic rings. The van der Waals surface area contributed by atoms with E-state index in [2.05, 4.69) is 5.32 Å². The lowest BCUT2D eigenvalue weighted by Gasteiger charge is -2.24. The minimum atomic E-state index is -3.96. The molecule has 28 heavy (non-hydrogen) atoms. The zero-order valence-corrected chi connectivity index (χ0v) is 17.1. The van der Waals surface area contributed by atoms with Gasteiger partial charge in [-0.2, -0.15) is 0 Å². The van der Waals surface area contributed by atoms with Crippen LogP contribution in [0.2, 0.25) is 0 Å². The number of anilines is 1. The van der Waals surface area contributed by atoms with Crippen molar-refractivity contribution in [3.63, 3.8) is 0 Å². The van der Waals surface area contributed by atoms with Gasteiger partial charge in [0.2, 0.25) is 15.9 Å². The second-order valence-corrected chi connectivity index (χ2v) is 8.64. The topological polar surface area (TPSA) is 66.5 Å². The third-order valence-corrected chi connectivity index (χ3v) is 5.67. The maximum absolute atomic E-state index is 14.1. The molecule has 2 rings (SSSR count). The predicted molar refractivity (Wildman–Crippen MR) is 106 cm³/mol. The number of halogens is 2. The molecule has 1 N–H and O–H groups in total. The minimum absolute atomic E-state index is 0.314. The number of hydrogen-bond acceptors (Lipinski definition) is 3. The molecule has 0 saturated carbocycles. The second-order valence-electron chi connectivity index (χ2n) is 6.74. The van der Waals surface area contributed by atoms with Gasteiger partial charge in [0.1, 0.15) is 18.2 Å². The van der Waals surface area contributed by atoms with Gasteiger partial charge in [-0.3, -0.25) is 9.10 Å². The molecule has 0 bridgehead atoms. The van der Waals surface area contributed by atoms with Crippen LogP contribution >= 0.6 is 0 Å². The van der Waals surface area contributed by atoms with Gasteiger partial charge in [-0.05, 0) is 49.1 Å². The Morgan fingerprint density at radius 1 is 1.11 bits per heavy atom. The molecule has 1 unspecified atom stereocenters. The molecule has 5 nitrogen and oxygen atoms in total. The Balaban J connectivity index is 2.24. The molecule has 8 heteroatoms. The fourth-order valence-corrected chi connectivity index (χ4v) is 3.69. The minimum Gasteiger partial charge on any atom is -0.348 e. The predicted octanol–water partition coefficient (Wildman–Crippen LogP) is 3.62. The number of benzene rings is 2. The number of nitrogens with one attached hydrogen (secondary N) is 1. The lowest BCUT2D eigenvalue weighted by molar-refractivity contribution is -0.120. The van der Waals surface area contributed by atoms with E-state index in [0.29, 0.717) is 16.8 Å². The van der Waals surface area contributed by atoms with Crippen molar-refractivity contribution in [2.75, 3.05) is 17.1 Å². The average molecular weight is 410 g/mol. The van der Waals surface area contributed by atoms with Gasteiger partial charge >= 0.3 is 0 Å². The molecule has 152 valence electrons. The van der Waals surface area contributed by atoms with Crippen LogP contribution in [-0.4, -0.2) is 27.1 Å². The van der Waals surface area contributed by atoms with Crippen molar-refractivity contribution >= 4 is 21.6 Å². The van der Waals surface area contributed by atoms with Gasteiger partial charge in [0.25, 0.3) is 0 Å². The Bertz CT molecular complexity index is 977. The maximum Gasteiger partial charge on any atom is 0.241 e. The molecule has 0 aromatic heterocycles. The van der Waals surface area contributed by atoms with Gasteiger partial charge in [0.05, 0.1) is 18.0 Å². The highest BCUT2D eigenvalue weighted by Crippen LogP contribution is 2.23. The van der Waals surface area contributed by atoms with E-state index in [9.17, 15) is 22.0 Å². The Morgan fingerprint density at radius 3 is 2.32 bits per heavy atom. The average Bonchev–Trinajstić information content (AvgIpc) is 2.60. The number of hydrogen-bond donors (Lipinski definition) is 1. The van der Waals surface area contributed by atoms with Crippen LogP contribution in [0.5, 0.6) is 0 Å². The second kappa shape index (κ2) is 8.68. The van der Waals surface area contributed by atoms with E-state index >= 15 is 0 Å². The first-order valence-corrected chi connectivity index (χ1v) is 10.7. The van der Waals surface area contributed by atoms with Crippen molar-refractivity contribution in [2.45, 2.75) is 33.2 Å². The Labute approximate surface area is 164 Å². The smallest absolute Gasteiger partial charge is 0.241 e. The number of amides is 1. The summed E-state index contributed by atoms with van der Waals surface area (Å²) in [5.74, 6) is -2.47. The monoisotopic (exact) mass is 410 g/mol. The highest BCUT2D eigenvalue weighted by Gasteiger charge is 2.25. The van der Waals surface area contributed by atoms with Crippen molar-refractivity contribution in [1.82, 2.24) is 5.32 Å². The number of carbonyl (C=O) groups excluding carboxylic acids is 1. The van der Waals surface area contributed by atoms with Crippen LogP contribution in [0.25, 0.3) is 0 Å². The van der Waals surface area contributed by atoms with Gasteiger partial charge in [-0.1, -0.05) is 25.1 Å². The SMILES string of the molecule is CCC(NC(=O)CN(c1ccc(F)cc1F)S(C)(=O)=O)c1ccc(C)c(C)c1. The highest BCUT2D eigenvalue weighted by atomic mass is 32.2. The third-order valence-electron chi connectivity index (χ3n) is 4.54. The molecule has 2 aromatic rings. The third kappa shape index (κ3) is 5.28. The zero-order chi connectivity index (χ0) is 21.1. The summed E-state index contributed by atoms with van der Waals surface area (Å²) in [6.07, 6.45) is 1.46. The molecule has 1 atom stereocenters. The van der Waals surface area contributed by atoms with E-state index in [0.717, 1.165) is 35.1 Å². The number of rotatable bonds is 7.